The highest BCUT2D eigenvalue weighted by atomic mass is 32.2. The van der Waals surface area contributed by atoms with Crippen LogP contribution in [0.3, 0.4) is 0 Å². The Bertz CT molecular complexity index is 362. The van der Waals surface area contributed by atoms with Crippen molar-refractivity contribution in [1.29, 1.82) is 0 Å². The first kappa shape index (κ1) is 12.8. The first-order valence-electron chi connectivity index (χ1n) is 5.10. The minimum Gasteiger partial charge on any atom is -0.481 e. The SMILES string of the molecule is CC[C@H](CSC(=O)c1ccccc1)C(=O)O. The van der Waals surface area contributed by atoms with Crippen molar-refractivity contribution < 1.29 is 14.7 Å². The van der Waals surface area contributed by atoms with Crippen LogP contribution in [0.4, 0.5) is 0 Å². The number of carboxylic acids is 1. The molecule has 0 aliphatic carbocycles. The zero-order valence-electron chi connectivity index (χ0n) is 9.05. The van der Waals surface area contributed by atoms with Gasteiger partial charge in [-0.05, 0) is 6.42 Å². The predicted molar refractivity (Wildman–Crippen MR) is 64.6 cm³/mol. The van der Waals surface area contributed by atoms with Gasteiger partial charge in [-0.1, -0.05) is 49.0 Å². The van der Waals surface area contributed by atoms with Crippen molar-refractivity contribution in [2.45, 2.75) is 13.3 Å². The lowest BCUT2D eigenvalue weighted by molar-refractivity contribution is -0.140. The average molecular weight is 238 g/mol. The van der Waals surface area contributed by atoms with Crippen LogP contribution in [0.15, 0.2) is 30.3 Å². The van der Waals surface area contributed by atoms with Crippen molar-refractivity contribution in [3.05, 3.63) is 35.9 Å². The molecule has 0 fully saturated rings. The third-order valence-corrected chi connectivity index (χ3v) is 3.33. The molecule has 0 aromatic heterocycles. The van der Waals surface area contributed by atoms with E-state index >= 15 is 0 Å². The molecule has 0 aliphatic rings. The Balaban J connectivity index is 2.50. The van der Waals surface area contributed by atoms with Crippen LogP contribution in [0.5, 0.6) is 0 Å². The molecule has 0 heterocycles. The summed E-state index contributed by atoms with van der Waals surface area (Å²) in [4.78, 5) is 22.4. The fourth-order valence-electron chi connectivity index (χ4n) is 1.20. The highest BCUT2D eigenvalue weighted by Gasteiger charge is 2.17. The van der Waals surface area contributed by atoms with Crippen molar-refractivity contribution in [3.63, 3.8) is 0 Å². The molecule has 0 saturated heterocycles. The molecule has 3 nitrogen and oxygen atoms in total. The van der Waals surface area contributed by atoms with Gasteiger partial charge < -0.3 is 5.11 Å². The Morgan fingerprint density at radius 1 is 1.31 bits per heavy atom. The van der Waals surface area contributed by atoms with E-state index in [1.807, 2.05) is 13.0 Å². The molecule has 0 radical (unpaired) electrons. The summed E-state index contributed by atoms with van der Waals surface area (Å²) in [6.45, 7) is 1.81. The van der Waals surface area contributed by atoms with Crippen molar-refractivity contribution in [3.8, 4) is 0 Å². The van der Waals surface area contributed by atoms with E-state index in [1.165, 1.54) is 0 Å². The van der Waals surface area contributed by atoms with Gasteiger partial charge in [-0.25, -0.2) is 0 Å². The Morgan fingerprint density at radius 2 is 1.94 bits per heavy atom. The van der Waals surface area contributed by atoms with E-state index in [0.29, 0.717) is 17.7 Å². The highest BCUT2D eigenvalue weighted by molar-refractivity contribution is 8.14. The summed E-state index contributed by atoms with van der Waals surface area (Å²) in [6.07, 6.45) is 0.546. The summed E-state index contributed by atoms with van der Waals surface area (Å²) in [5.41, 5.74) is 0.618. The maximum absolute atomic E-state index is 11.7. The number of rotatable bonds is 5. The van der Waals surface area contributed by atoms with Gasteiger partial charge in [0.1, 0.15) is 0 Å². The molecule has 1 atom stereocenters. The van der Waals surface area contributed by atoms with Crippen LogP contribution in [0.25, 0.3) is 0 Å². The molecule has 0 spiro atoms. The average Bonchev–Trinajstić information content (AvgIpc) is 2.30. The normalized spacial score (nSPS) is 12.1. The molecule has 0 bridgehead atoms. The fourth-order valence-corrected chi connectivity index (χ4v) is 2.23. The molecule has 86 valence electrons. The highest BCUT2D eigenvalue weighted by Crippen LogP contribution is 2.17. The van der Waals surface area contributed by atoms with Gasteiger partial charge in [0, 0.05) is 11.3 Å². The summed E-state index contributed by atoms with van der Waals surface area (Å²) >= 11 is 1.07. The summed E-state index contributed by atoms with van der Waals surface area (Å²) in [7, 11) is 0. The Labute approximate surface area is 98.9 Å². The summed E-state index contributed by atoms with van der Waals surface area (Å²) in [5, 5.41) is 8.76. The molecule has 0 saturated carbocycles. The molecule has 1 N–H and O–H groups in total. The standard InChI is InChI=1S/C12H14O3S/c1-2-9(11(13)14)8-16-12(15)10-6-4-3-5-7-10/h3-7,9H,2,8H2,1H3,(H,13,14)/t9-/m1/s1. The van der Waals surface area contributed by atoms with Crippen LogP contribution in [0, 0.1) is 5.92 Å². The maximum atomic E-state index is 11.7. The fraction of sp³-hybridized carbons (Fsp3) is 0.333. The zero-order chi connectivity index (χ0) is 12.0. The largest absolute Gasteiger partial charge is 0.481 e. The van der Waals surface area contributed by atoms with Gasteiger partial charge in [-0.2, -0.15) is 0 Å². The van der Waals surface area contributed by atoms with Gasteiger partial charge in [-0.15, -0.1) is 0 Å². The number of carbonyl (C=O) groups excluding carboxylic acids is 1. The molecular formula is C12H14O3S. The number of aliphatic carboxylic acids is 1. The van der Waals surface area contributed by atoms with Gasteiger partial charge in [0.25, 0.3) is 0 Å². The minimum absolute atomic E-state index is 0.0692. The van der Waals surface area contributed by atoms with Crippen LogP contribution in [0.1, 0.15) is 23.7 Å². The zero-order valence-corrected chi connectivity index (χ0v) is 9.87. The van der Waals surface area contributed by atoms with Gasteiger partial charge >= 0.3 is 5.97 Å². The molecule has 1 aromatic carbocycles. The molecule has 0 aliphatic heterocycles. The van der Waals surface area contributed by atoms with E-state index in [2.05, 4.69) is 0 Å². The number of hydrogen-bond acceptors (Lipinski definition) is 3. The van der Waals surface area contributed by atoms with E-state index in [4.69, 9.17) is 5.11 Å². The second kappa shape index (κ2) is 6.33. The Morgan fingerprint density at radius 3 is 2.44 bits per heavy atom. The van der Waals surface area contributed by atoms with Crippen LogP contribution in [-0.4, -0.2) is 21.9 Å². The Hall–Kier alpha value is -1.29. The van der Waals surface area contributed by atoms with Crippen LogP contribution >= 0.6 is 11.8 Å². The molecule has 1 aromatic rings. The number of benzene rings is 1. The summed E-state index contributed by atoms with van der Waals surface area (Å²) in [5.74, 6) is -0.951. The van der Waals surface area contributed by atoms with Crippen molar-refractivity contribution in [2.24, 2.45) is 5.92 Å². The second-order valence-corrected chi connectivity index (χ2v) is 4.40. The summed E-state index contributed by atoms with van der Waals surface area (Å²) < 4.78 is 0. The van der Waals surface area contributed by atoms with E-state index in [1.54, 1.807) is 24.3 Å². The number of hydrogen-bond donors (Lipinski definition) is 1. The predicted octanol–water partition coefficient (Wildman–Crippen LogP) is 2.67. The maximum Gasteiger partial charge on any atom is 0.307 e. The molecule has 4 heteroatoms. The molecular weight excluding hydrogens is 224 g/mol. The first-order chi connectivity index (χ1) is 7.65. The third kappa shape index (κ3) is 3.70. The second-order valence-electron chi connectivity index (χ2n) is 3.41. The van der Waals surface area contributed by atoms with Gasteiger partial charge in [0.2, 0.25) is 5.12 Å². The van der Waals surface area contributed by atoms with E-state index < -0.39 is 11.9 Å². The topological polar surface area (TPSA) is 54.4 Å². The van der Waals surface area contributed by atoms with E-state index in [-0.39, 0.29) is 5.12 Å². The molecule has 0 amide bonds. The van der Waals surface area contributed by atoms with Crippen molar-refractivity contribution in [1.82, 2.24) is 0 Å². The van der Waals surface area contributed by atoms with Gasteiger partial charge in [-0.3, -0.25) is 9.59 Å². The van der Waals surface area contributed by atoms with Gasteiger partial charge in [0.15, 0.2) is 0 Å². The first-order valence-corrected chi connectivity index (χ1v) is 6.08. The van der Waals surface area contributed by atoms with E-state index in [9.17, 15) is 9.59 Å². The molecule has 16 heavy (non-hydrogen) atoms. The minimum atomic E-state index is -0.837. The van der Waals surface area contributed by atoms with Crippen molar-refractivity contribution >= 4 is 22.8 Å². The monoisotopic (exact) mass is 238 g/mol. The van der Waals surface area contributed by atoms with Crippen LogP contribution in [0.2, 0.25) is 0 Å². The summed E-state index contributed by atoms with van der Waals surface area (Å²) in [6, 6.07) is 8.90. The van der Waals surface area contributed by atoms with Crippen molar-refractivity contribution in [2.75, 3.05) is 5.75 Å². The number of carboxylic acid groups (broad SMARTS) is 1. The van der Waals surface area contributed by atoms with Crippen LogP contribution in [-0.2, 0) is 4.79 Å². The Kier molecular flexibility index (Phi) is 5.05. The molecule has 0 unspecified atom stereocenters. The third-order valence-electron chi connectivity index (χ3n) is 2.27. The smallest absolute Gasteiger partial charge is 0.307 e. The number of thioether (sulfide) groups is 1. The quantitative estimate of drug-likeness (QED) is 0.856. The van der Waals surface area contributed by atoms with E-state index in [0.717, 1.165) is 11.8 Å². The molecule has 1 rings (SSSR count). The van der Waals surface area contributed by atoms with Gasteiger partial charge in [0.05, 0.1) is 5.92 Å². The lowest BCUT2D eigenvalue weighted by Gasteiger charge is -2.07. The van der Waals surface area contributed by atoms with Crippen LogP contribution < -0.4 is 0 Å². The lowest BCUT2D eigenvalue weighted by Crippen LogP contribution is -2.16. The lowest BCUT2D eigenvalue weighted by atomic mass is 10.1. The number of carbonyl (C=O) groups is 2.